The van der Waals surface area contributed by atoms with Crippen molar-refractivity contribution in [2.24, 2.45) is 0 Å². The molecule has 9 aromatic rings. The van der Waals surface area contributed by atoms with Crippen LogP contribution in [0, 0.1) is 0 Å². The average molecular weight is 531 g/mol. The van der Waals surface area contributed by atoms with Crippen LogP contribution in [0.2, 0.25) is 0 Å². The van der Waals surface area contributed by atoms with Crippen LogP contribution in [0.4, 0.5) is 0 Å². The van der Waals surface area contributed by atoms with E-state index in [0.717, 1.165) is 0 Å². The molecule has 0 radical (unpaired) electrons. The number of fused-ring (bicyclic) bond motifs is 12. The van der Waals surface area contributed by atoms with Gasteiger partial charge in [-0.25, -0.2) is 0 Å². The van der Waals surface area contributed by atoms with Gasteiger partial charge in [0.15, 0.2) is 0 Å². The Kier molecular flexibility index (Phi) is 5.00. The van der Waals surface area contributed by atoms with Crippen LogP contribution in [0.25, 0.3) is 86.9 Å². The monoisotopic (exact) mass is 530 g/mol. The van der Waals surface area contributed by atoms with Crippen molar-refractivity contribution in [3.05, 3.63) is 158 Å². The van der Waals surface area contributed by atoms with E-state index >= 15 is 0 Å². The van der Waals surface area contributed by atoms with Crippen molar-refractivity contribution >= 4 is 64.6 Å². The van der Waals surface area contributed by atoms with Crippen molar-refractivity contribution in [2.75, 3.05) is 0 Å². The summed E-state index contributed by atoms with van der Waals surface area (Å²) < 4.78 is 0. The maximum Gasteiger partial charge on any atom is -0.00137 e. The summed E-state index contributed by atoms with van der Waals surface area (Å²) in [4.78, 5) is 0. The quantitative estimate of drug-likeness (QED) is 0.195. The highest BCUT2D eigenvalue weighted by molar-refractivity contribution is 6.39. The van der Waals surface area contributed by atoms with Crippen LogP contribution < -0.4 is 0 Å². The minimum Gasteiger partial charge on any atom is -0.0616 e. The predicted molar refractivity (Wildman–Crippen MR) is 182 cm³/mol. The highest BCUT2D eigenvalue weighted by Crippen LogP contribution is 2.44. The summed E-state index contributed by atoms with van der Waals surface area (Å²) in [7, 11) is 0. The molecule has 0 unspecified atom stereocenters. The second-order valence-electron chi connectivity index (χ2n) is 11.3. The van der Waals surface area contributed by atoms with Crippen molar-refractivity contribution < 1.29 is 0 Å². The van der Waals surface area contributed by atoms with E-state index in [1.165, 1.54) is 86.9 Å². The third-order valence-electron chi connectivity index (χ3n) is 9.01. The first-order valence-electron chi connectivity index (χ1n) is 14.6. The van der Waals surface area contributed by atoms with E-state index in [4.69, 9.17) is 0 Å². The van der Waals surface area contributed by atoms with Gasteiger partial charge in [0.1, 0.15) is 0 Å². The van der Waals surface area contributed by atoms with Gasteiger partial charge in [0.2, 0.25) is 0 Å². The molecule has 0 fully saturated rings. The number of rotatable bonds is 2. The molecule has 9 aromatic carbocycles. The minimum atomic E-state index is 1.23. The normalized spacial score (nSPS) is 11.8. The zero-order chi connectivity index (χ0) is 27.6. The van der Waals surface area contributed by atoms with Gasteiger partial charge in [-0.2, -0.15) is 0 Å². The lowest BCUT2D eigenvalue weighted by molar-refractivity contribution is 1.62. The molecule has 0 N–H and O–H groups in total. The van der Waals surface area contributed by atoms with E-state index in [0.29, 0.717) is 0 Å². The van der Waals surface area contributed by atoms with Crippen molar-refractivity contribution in [1.82, 2.24) is 0 Å². The molecule has 0 atom stereocenters. The third kappa shape index (κ3) is 3.42. The molecule has 0 saturated carbocycles. The molecule has 0 spiro atoms. The highest BCUT2D eigenvalue weighted by atomic mass is 14.2. The lowest BCUT2D eigenvalue weighted by Crippen LogP contribution is -1.89. The van der Waals surface area contributed by atoms with Gasteiger partial charge in [0, 0.05) is 0 Å². The molecule has 0 aliphatic rings. The molecule has 0 aliphatic carbocycles. The van der Waals surface area contributed by atoms with E-state index in [1.807, 2.05) is 0 Å². The van der Waals surface area contributed by atoms with Crippen LogP contribution in [0.3, 0.4) is 0 Å². The summed E-state index contributed by atoms with van der Waals surface area (Å²) in [6.45, 7) is 0. The standard InChI is InChI=1S/C42H26/c1-2-10-30-25-31(22-21-27(30)9-1)28-17-19-29(20-18-28)32-23-24-36-35-13-5-7-15-38(35)41-37-14-6-3-11-33(37)34-12-4-8-16-39(34)42(41)40(36)26-32/h1-26H. The maximum atomic E-state index is 2.41. The summed E-state index contributed by atoms with van der Waals surface area (Å²) in [6.07, 6.45) is 0. The Hall–Kier alpha value is -5.46. The Labute approximate surface area is 244 Å². The lowest BCUT2D eigenvalue weighted by atomic mass is 9.86. The van der Waals surface area contributed by atoms with Gasteiger partial charge in [0.05, 0.1) is 0 Å². The Morgan fingerprint density at radius 3 is 1.17 bits per heavy atom. The van der Waals surface area contributed by atoms with Gasteiger partial charge >= 0.3 is 0 Å². The Morgan fingerprint density at radius 2 is 0.595 bits per heavy atom. The second-order valence-corrected chi connectivity index (χ2v) is 11.3. The fourth-order valence-electron chi connectivity index (χ4n) is 7.03. The fraction of sp³-hybridized carbons (Fsp3) is 0. The van der Waals surface area contributed by atoms with E-state index in [9.17, 15) is 0 Å². The minimum absolute atomic E-state index is 1.23. The van der Waals surface area contributed by atoms with E-state index in [-0.39, 0.29) is 0 Å². The molecular formula is C42H26. The molecule has 0 aliphatic heterocycles. The van der Waals surface area contributed by atoms with Crippen LogP contribution in [0.5, 0.6) is 0 Å². The molecule has 0 nitrogen and oxygen atoms in total. The van der Waals surface area contributed by atoms with Crippen LogP contribution >= 0.6 is 0 Å². The van der Waals surface area contributed by atoms with E-state index in [2.05, 4.69) is 158 Å². The molecule has 0 heteroatoms. The van der Waals surface area contributed by atoms with Crippen LogP contribution in [0.1, 0.15) is 0 Å². The van der Waals surface area contributed by atoms with Gasteiger partial charge in [-0.15, -0.1) is 0 Å². The molecule has 0 heterocycles. The number of hydrogen-bond donors (Lipinski definition) is 0. The summed E-state index contributed by atoms with van der Waals surface area (Å²) in [6, 6.07) is 58.0. The second kappa shape index (κ2) is 9.03. The van der Waals surface area contributed by atoms with Crippen molar-refractivity contribution in [1.29, 1.82) is 0 Å². The highest BCUT2D eigenvalue weighted by Gasteiger charge is 2.16. The maximum absolute atomic E-state index is 2.41. The Balaban J connectivity index is 1.30. The molecular weight excluding hydrogens is 504 g/mol. The summed E-state index contributed by atoms with van der Waals surface area (Å²) in [5.74, 6) is 0. The van der Waals surface area contributed by atoms with Crippen LogP contribution in [-0.4, -0.2) is 0 Å². The van der Waals surface area contributed by atoms with Gasteiger partial charge < -0.3 is 0 Å². The van der Waals surface area contributed by atoms with Gasteiger partial charge in [-0.3, -0.25) is 0 Å². The zero-order valence-electron chi connectivity index (χ0n) is 23.0. The van der Waals surface area contributed by atoms with Crippen LogP contribution in [0.15, 0.2) is 158 Å². The Bertz CT molecular complexity index is 2480. The summed E-state index contributed by atoms with van der Waals surface area (Å²) in [5, 5.41) is 15.7. The van der Waals surface area contributed by atoms with Gasteiger partial charge in [0.25, 0.3) is 0 Å². The Morgan fingerprint density at radius 1 is 0.214 bits per heavy atom. The van der Waals surface area contributed by atoms with Crippen molar-refractivity contribution in [3.8, 4) is 22.3 Å². The van der Waals surface area contributed by atoms with E-state index < -0.39 is 0 Å². The first-order valence-corrected chi connectivity index (χ1v) is 14.6. The summed E-state index contributed by atoms with van der Waals surface area (Å²) in [5.41, 5.74) is 4.95. The number of hydrogen-bond acceptors (Lipinski definition) is 0. The first kappa shape index (κ1) is 23.3. The fourth-order valence-corrected chi connectivity index (χ4v) is 7.03. The van der Waals surface area contributed by atoms with Crippen LogP contribution in [-0.2, 0) is 0 Å². The SMILES string of the molecule is c1ccc2cc(-c3ccc(-c4ccc5c6ccccc6c6c7ccccc7c7ccccc7c6c5c4)cc3)ccc2c1. The zero-order valence-corrected chi connectivity index (χ0v) is 23.0. The lowest BCUT2D eigenvalue weighted by Gasteiger charge is -2.17. The summed E-state index contributed by atoms with van der Waals surface area (Å²) >= 11 is 0. The average Bonchev–Trinajstić information content (AvgIpc) is 3.07. The molecule has 42 heavy (non-hydrogen) atoms. The molecule has 0 saturated heterocycles. The van der Waals surface area contributed by atoms with Crippen molar-refractivity contribution in [3.63, 3.8) is 0 Å². The molecule has 194 valence electrons. The van der Waals surface area contributed by atoms with Crippen molar-refractivity contribution in [2.45, 2.75) is 0 Å². The predicted octanol–water partition coefficient (Wildman–Crippen LogP) is 11.9. The first-order chi connectivity index (χ1) is 20.8. The molecule has 0 bridgehead atoms. The largest absolute Gasteiger partial charge is 0.0616 e. The topological polar surface area (TPSA) is 0 Å². The molecule has 0 amide bonds. The van der Waals surface area contributed by atoms with E-state index in [1.54, 1.807) is 0 Å². The van der Waals surface area contributed by atoms with Gasteiger partial charge in [-0.05, 0) is 99.0 Å². The smallest absolute Gasteiger partial charge is 0.00137 e. The number of benzene rings is 9. The molecule has 0 aromatic heterocycles. The molecule has 9 rings (SSSR count). The van der Waals surface area contributed by atoms with Gasteiger partial charge in [-0.1, -0.05) is 146 Å². The third-order valence-corrected chi connectivity index (χ3v) is 9.01.